The smallest absolute Gasteiger partial charge is 0.0540 e. The number of benzene rings is 11. The van der Waals surface area contributed by atoms with E-state index in [0.29, 0.717) is 0 Å². The summed E-state index contributed by atoms with van der Waals surface area (Å²) >= 11 is 0. The first-order valence-corrected chi connectivity index (χ1v) is 24.8. The standard InChI is InChI=1S/C68H52N4/c1-5-23-55(24-6-1)69(56-25-7-2-8-26-56)59-43-47-63(48-44-59)71(67-33-17-21-53-19-13-15-31-65(53)67)61-39-35-51(36-40-61)52-37-41-62(42-38-52)72(68-34-18-22-54-20-14-16-32-66(54)68)64-49-45-60(46-50-64)70(57-27-9-3-10-28-57)58-29-11-4-12-30-58/h1-45,47-49H,46,50H2. The van der Waals surface area contributed by atoms with Crippen LogP contribution < -0.4 is 19.6 Å². The quantitative estimate of drug-likeness (QED) is 0.114. The fourth-order valence-corrected chi connectivity index (χ4v) is 10.3. The topological polar surface area (TPSA) is 13.0 Å². The van der Waals surface area contributed by atoms with E-state index in [1.807, 2.05) is 0 Å². The van der Waals surface area contributed by atoms with Gasteiger partial charge >= 0.3 is 0 Å². The van der Waals surface area contributed by atoms with Crippen LogP contribution in [0.4, 0.5) is 56.9 Å². The van der Waals surface area contributed by atoms with E-state index in [0.717, 1.165) is 75.2 Å². The van der Waals surface area contributed by atoms with E-state index in [-0.39, 0.29) is 0 Å². The van der Waals surface area contributed by atoms with E-state index < -0.39 is 0 Å². The normalized spacial score (nSPS) is 12.2. The SMILES string of the molecule is C1=C(N(c2ccccc2)c2ccccc2)CCC(N(c2ccc(-c3ccc(N(c4ccc(N(c5ccccc5)c5ccccc5)cc4)c4cccc5ccccc45)cc3)cc2)c2cccc3ccccc23)=C1. The molecule has 0 bridgehead atoms. The van der Waals surface area contributed by atoms with Crippen LogP contribution in [0.15, 0.2) is 303 Å². The summed E-state index contributed by atoms with van der Waals surface area (Å²) < 4.78 is 0. The zero-order valence-electron chi connectivity index (χ0n) is 39.9. The zero-order chi connectivity index (χ0) is 48.1. The van der Waals surface area contributed by atoms with Crippen molar-refractivity contribution in [2.24, 2.45) is 0 Å². The van der Waals surface area contributed by atoms with Crippen molar-refractivity contribution < 1.29 is 0 Å². The summed E-state index contributed by atoms with van der Waals surface area (Å²) in [5, 5.41) is 4.84. The highest BCUT2D eigenvalue weighted by molar-refractivity contribution is 6.00. The predicted molar refractivity (Wildman–Crippen MR) is 305 cm³/mol. The van der Waals surface area contributed by atoms with E-state index >= 15 is 0 Å². The van der Waals surface area contributed by atoms with Crippen LogP contribution in [0.2, 0.25) is 0 Å². The van der Waals surface area contributed by atoms with E-state index in [2.05, 4.69) is 311 Å². The minimum atomic E-state index is 0.878. The van der Waals surface area contributed by atoms with Gasteiger partial charge in [0.15, 0.2) is 0 Å². The van der Waals surface area contributed by atoms with Gasteiger partial charge in [-0.25, -0.2) is 0 Å². The number of para-hydroxylation sites is 4. The number of hydrogen-bond donors (Lipinski definition) is 0. The van der Waals surface area contributed by atoms with Crippen LogP contribution in [0.3, 0.4) is 0 Å². The fraction of sp³-hybridized carbons (Fsp3) is 0.0294. The van der Waals surface area contributed by atoms with Crippen molar-refractivity contribution in [2.75, 3.05) is 19.6 Å². The molecule has 72 heavy (non-hydrogen) atoms. The first-order chi connectivity index (χ1) is 35.7. The molecule has 0 saturated carbocycles. The minimum absolute atomic E-state index is 0.878. The van der Waals surface area contributed by atoms with Crippen LogP contribution in [0, 0.1) is 0 Å². The number of hydrogen-bond acceptors (Lipinski definition) is 4. The highest BCUT2D eigenvalue weighted by Gasteiger charge is 2.23. The van der Waals surface area contributed by atoms with Crippen LogP contribution in [0.25, 0.3) is 32.7 Å². The lowest BCUT2D eigenvalue weighted by Crippen LogP contribution is -2.22. The third-order valence-electron chi connectivity index (χ3n) is 13.7. The molecule has 11 aromatic rings. The number of allylic oxidation sites excluding steroid dienone is 4. The molecule has 0 atom stereocenters. The molecule has 0 aliphatic heterocycles. The number of fused-ring (bicyclic) bond motifs is 2. The first-order valence-electron chi connectivity index (χ1n) is 24.8. The average molecular weight is 925 g/mol. The molecule has 0 saturated heterocycles. The molecular formula is C68H52N4. The molecule has 0 fully saturated rings. The first kappa shape index (κ1) is 43.9. The van der Waals surface area contributed by atoms with Crippen LogP contribution in [0.1, 0.15) is 12.8 Å². The van der Waals surface area contributed by atoms with Gasteiger partial charge in [-0.05, 0) is 156 Å². The third kappa shape index (κ3) is 8.78. The summed E-state index contributed by atoms with van der Waals surface area (Å²) in [5.74, 6) is 0. The Bertz CT molecular complexity index is 3580. The zero-order valence-corrected chi connectivity index (χ0v) is 39.9. The highest BCUT2D eigenvalue weighted by Crippen LogP contribution is 2.44. The second kappa shape index (κ2) is 19.9. The molecule has 0 spiro atoms. The van der Waals surface area contributed by atoms with Gasteiger partial charge in [0.1, 0.15) is 0 Å². The molecule has 12 rings (SSSR count). The van der Waals surface area contributed by atoms with Gasteiger partial charge in [0.05, 0.1) is 11.4 Å². The van der Waals surface area contributed by atoms with Gasteiger partial charge in [-0.3, -0.25) is 0 Å². The predicted octanol–water partition coefficient (Wildman–Crippen LogP) is 19.1. The van der Waals surface area contributed by atoms with Crippen LogP contribution in [-0.4, -0.2) is 0 Å². The Labute approximate surface area is 422 Å². The lowest BCUT2D eigenvalue weighted by atomic mass is 10.00. The largest absolute Gasteiger partial charge is 0.314 e. The molecule has 0 N–H and O–H groups in total. The summed E-state index contributed by atoms with van der Waals surface area (Å²) in [6, 6.07) is 100. The minimum Gasteiger partial charge on any atom is -0.314 e. The van der Waals surface area contributed by atoms with E-state index in [4.69, 9.17) is 0 Å². The molecule has 0 radical (unpaired) electrons. The van der Waals surface area contributed by atoms with E-state index in [1.165, 1.54) is 38.6 Å². The lowest BCUT2D eigenvalue weighted by molar-refractivity contribution is 0.851. The van der Waals surface area contributed by atoms with Crippen molar-refractivity contribution in [1.82, 2.24) is 0 Å². The molecule has 0 unspecified atom stereocenters. The monoisotopic (exact) mass is 924 g/mol. The van der Waals surface area contributed by atoms with Gasteiger partial charge in [0.25, 0.3) is 0 Å². The van der Waals surface area contributed by atoms with E-state index in [9.17, 15) is 0 Å². The van der Waals surface area contributed by atoms with Crippen molar-refractivity contribution in [3.63, 3.8) is 0 Å². The van der Waals surface area contributed by atoms with Crippen molar-refractivity contribution in [1.29, 1.82) is 0 Å². The van der Waals surface area contributed by atoms with Crippen molar-refractivity contribution in [3.8, 4) is 11.1 Å². The Balaban J connectivity index is 0.888. The second-order valence-electron chi connectivity index (χ2n) is 18.1. The van der Waals surface area contributed by atoms with E-state index in [1.54, 1.807) is 0 Å². The van der Waals surface area contributed by atoms with Crippen LogP contribution in [0.5, 0.6) is 0 Å². The molecule has 0 heterocycles. The number of nitrogens with zero attached hydrogens (tertiary/aromatic N) is 4. The molecule has 1 aliphatic rings. The van der Waals surface area contributed by atoms with Crippen molar-refractivity contribution >= 4 is 78.4 Å². The second-order valence-corrected chi connectivity index (χ2v) is 18.1. The Hall–Kier alpha value is -9.38. The molecule has 0 amide bonds. The Morgan fingerprint density at radius 3 is 0.917 bits per heavy atom. The Kier molecular flexibility index (Phi) is 12.1. The summed E-state index contributed by atoms with van der Waals surface area (Å²) in [6.45, 7) is 0. The molecule has 11 aromatic carbocycles. The van der Waals surface area contributed by atoms with Crippen molar-refractivity contribution in [3.05, 3.63) is 303 Å². The maximum Gasteiger partial charge on any atom is 0.0540 e. The van der Waals surface area contributed by atoms with Gasteiger partial charge in [0, 0.05) is 67.7 Å². The van der Waals surface area contributed by atoms with Crippen LogP contribution in [-0.2, 0) is 0 Å². The summed E-state index contributed by atoms with van der Waals surface area (Å²) in [4.78, 5) is 9.54. The van der Waals surface area contributed by atoms with Gasteiger partial charge in [0.2, 0.25) is 0 Å². The van der Waals surface area contributed by atoms with Crippen molar-refractivity contribution in [2.45, 2.75) is 12.8 Å². The third-order valence-corrected chi connectivity index (χ3v) is 13.7. The summed E-state index contributed by atoms with van der Waals surface area (Å²) in [5.41, 5.74) is 16.0. The summed E-state index contributed by atoms with van der Waals surface area (Å²) in [7, 11) is 0. The lowest BCUT2D eigenvalue weighted by Gasteiger charge is -2.34. The van der Waals surface area contributed by atoms with Gasteiger partial charge < -0.3 is 19.6 Å². The fourth-order valence-electron chi connectivity index (χ4n) is 10.3. The number of anilines is 10. The molecule has 1 aliphatic carbocycles. The molecule has 4 nitrogen and oxygen atoms in total. The highest BCUT2D eigenvalue weighted by atomic mass is 15.2. The van der Waals surface area contributed by atoms with Gasteiger partial charge in [-0.2, -0.15) is 0 Å². The molecule has 0 aromatic heterocycles. The molecular weight excluding hydrogens is 873 g/mol. The Morgan fingerprint density at radius 1 is 0.208 bits per heavy atom. The van der Waals surface area contributed by atoms with Gasteiger partial charge in [-0.15, -0.1) is 0 Å². The average Bonchev–Trinajstić information content (AvgIpc) is 3.46. The Morgan fingerprint density at radius 2 is 0.500 bits per heavy atom. The van der Waals surface area contributed by atoms with Crippen LogP contribution >= 0.6 is 0 Å². The number of rotatable bonds is 13. The maximum absolute atomic E-state index is 2.46. The molecule has 344 valence electrons. The maximum atomic E-state index is 2.46. The van der Waals surface area contributed by atoms with Gasteiger partial charge in [-0.1, -0.05) is 170 Å². The summed E-state index contributed by atoms with van der Waals surface area (Å²) in [6.07, 6.45) is 6.40. The molecule has 4 heteroatoms.